The van der Waals surface area contributed by atoms with Crippen LogP contribution in [0.4, 0.5) is 5.69 Å². The average Bonchev–Trinajstić information content (AvgIpc) is 3.27. The summed E-state index contributed by atoms with van der Waals surface area (Å²) in [4.78, 5) is 26.9. The molecule has 6 nitrogen and oxygen atoms in total. The highest BCUT2D eigenvalue weighted by Crippen LogP contribution is 2.31. The van der Waals surface area contributed by atoms with Crippen molar-refractivity contribution in [3.05, 3.63) is 82.1 Å². The van der Waals surface area contributed by atoms with E-state index in [1.165, 1.54) is 5.56 Å². The van der Waals surface area contributed by atoms with Gasteiger partial charge >= 0.3 is 0 Å². The Morgan fingerprint density at radius 1 is 1.13 bits per heavy atom. The van der Waals surface area contributed by atoms with Crippen LogP contribution in [-0.4, -0.2) is 28.1 Å². The van der Waals surface area contributed by atoms with Crippen molar-refractivity contribution in [1.82, 2.24) is 15.1 Å². The lowest BCUT2D eigenvalue weighted by atomic mass is 10.1. The number of para-hydroxylation sites is 1. The van der Waals surface area contributed by atoms with E-state index < -0.39 is 5.92 Å². The molecule has 0 aliphatic carbocycles. The Morgan fingerprint density at radius 3 is 2.58 bits per heavy atom. The van der Waals surface area contributed by atoms with E-state index in [4.69, 9.17) is 11.6 Å². The normalized spacial score (nSPS) is 16.0. The van der Waals surface area contributed by atoms with Gasteiger partial charge in [0, 0.05) is 30.8 Å². The summed E-state index contributed by atoms with van der Waals surface area (Å²) in [5.74, 6) is -0.613. The highest BCUT2D eigenvalue weighted by molar-refractivity contribution is 6.33. The second-order valence-corrected chi connectivity index (χ2v) is 8.27. The van der Waals surface area contributed by atoms with E-state index in [0.717, 1.165) is 17.0 Å². The standard InChI is InChI=1S/C24H25ClN4O2/c1-16-20(17(2)29(27-16)14-18-8-4-3-5-9-18)13-26-24(31)19-12-23(30)28(15-19)22-11-7-6-10-21(22)25/h3-11,19H,12-15H2,1-2H3,(H,26,31). The summed E-state index contributed by atoms with van der Waals surface area (Å²) in [6, 6.07) is 17.4. The van der Waals surface area contributed by atoms with E-state index in [2.05, 4.69) is 22.5 Å². The summed E-state index contributed by atoms with van der Waals surface area (Å²) in [6.07, 6.45) is 0.183. The van der Waals surface area contributed by atoms with Gasteiger partial charge in [0.05, 0.1) is 28.9 Å². The third-order valence-electron chi connectivity index (χ3n) is 5.78. The number of aryl methyl sites for hydroxylation is 1. The number of anilines is 1. The molecular formula is C24H25ClN4O2. The predicted octanol–water partition coefficient (Wildman–Crippen LogP) is 3.87. The molecule has 1 atom stereocenters. The van der Waals surface area contributed by atoms with Crippen molar-refractivity contribution in [3.63, 3.8) is 0 Å². The van der Waals surface area contributed by atoms with Crippen molar-refractivity contribution >= 4 is 29.1 Å². The number of carbonyl (C=O) groups is 2. The van der Waals surface area contributed by atoms with Crippen LogP contribution in [0.5, 0.6) is 0 Å². The second-order valence-electron chi connectivity index (χ2n) is 7.87. The van der Waals surface area contributed by atoms with Crippen molar-refractivity contribution in [2.75, 3.05) is 11.4 Å². The van der Waals surface area contributed by atoms with Crippen LogP contribution < -0.4 is 10.2 Å². The predicted molar refractivity (Wildman–Crippen MR) is 121 cm³/mol. The maximum atomic E-state index is 12.8. The van der Waals surface area contributed by atoms with Crippen molar-refractivity contribution in [1.29, 1.82) is 0 Å². The van der Waals surface area contributed by atoms with E-state index >= 15 is 0 Å². The van der Waals surface area contributed by atoms with Crippen LogP contribution in [0, 0.1) is 19.8 Å². The van der Waals surface area contributed by atoms with Gasteiger partial charge in [0.2, 0.25) is 11.8 Å². The molecule has 1 unspecified atom stereocenters. The molecule has 0 bridgehead atoms. The Balaban J connectivity index is 1.40. The number of benzene rings is 2. The number of rotatable bonds is 6. The molecule has 1 fully saturated rings. The van der Waals surface area contributed by atoms with Gasteiger partial charge in [0.25, 0.3) is 0 Å². The van der Waals surface area contributed by atoms with Crippen molar-refractivity contribution in [3.8, 4) is 0 Å². The minimum Gasteiger partial charge on any atom is -0.352 e. The number of aromatic nitrogens is 2. The molecule has 0 spiro atoms. The fourth-order valence-corrected chi connectivity index (χ4v) is 4.24. The lowest BCUT2D eigenvalue weighted by Gasteiger charge is -2.18. The zero-order valence-electron chi connectivity index (χ0n) is 17.6. The summed E-state index contributed by atoms with van der Waals surface area (Å²) in [7, 11) is 0. The Hall–Kier alpha value is -3.12. The maximum absolute atomic E-state index is 12.8. The summed E-state index contributed by atoms with van der Waals surface area (Å²) < 4.78 is 1.96. The first-order chi connectivity index (χ1) is 14.9. The van der Waals surface area contributed by atoms with Crippen LogP contribution in [0.2, 0.25) is 5.02 Å². The van der Waals surface area contributed by atoms with Gasteiger partial charge in [-0.2, -0.15) is 5.10 Å². The molecule has 1 N–H and O–H groups in total. The van der Waals surface area contributed by atoms with Gasteiger partial charge in [0.1, 0.15) is 0 Å². The second kappa shape index (κ2) is 8.94. The molecule has 2 amide bonds. The van der Waals surface area contributed by atoms with E-state index in [9.17, 15) is 9.59 Å². The van der Waals surface area contributed by atoms with Crippen LogP contribution in [0.3, 0.4) is 0 Å². The van der Waals surface area contributed by atoms with Gasteiger partial charge < -0.3 is 10.2 Å². The Kier molecular flexibility index (Phi) is 6.09. The molecule has 7 heteroatoms. The first-order valence-electron chi connectivity index (χ1n) is 10.3. The summed E-state index contributed by atoms with van der Waals surface area (Å²) in [6.45, 7) is 5.38. The lowest BCUT2D eigenvalue weighted by Crippen LogP contribution is -2.33. The van der Waals surface area contributed by atoms with Crippen molar-refractivity contribution in [2.45, 2.75) is 33.4 Å². The molecule has 4 rings (SSSR count). The molecule has 1 saturated heterocycles. The molecule has 2 heterocycles. The average molecular weight is 437 g/mol. The van der Waals surface area contributed by atoms with Crippen LogP contribution in [-0.2, 0) is 22.7 Å². The minimum absolute atomic E-state index is 0.0868. The molecule has 0 saturated carbocycles. The van der Waals surface area contributed by atoms with E-state index in [1.807, 2.05) is 48.9 Å². The Labute approximate surface area is 186 Å². The third-order valence-corrected chi connectivity index (χ3v) is 6.10. The van der Waals surface area contributed by atoms with Gasteiger partial charge in [-0.1, -0.05) is 54.1 Å². The summed E-state index contributed by atoms with van der Waals surface area (Å²) >= 11 is 6.23. The number of nitrogens with one attached hydrogen (secondary N) is 1. The molecule has 0 radical (unpaired) electrons. The minimum atomic E-state index is -0.399. The van der Waals surface area contributed by atoms with Gasteiger partial charge in [-0.05, 0) is 31.5 Å². The van der Waals surface area contributed by atoms with Crippen LogP contribution >= 0.6 is 11.6 Å². The van der Waals surface area contributed by atoms with Crippen LogP contribution in [0.1, 0.15) is 28.9 Å². The zero-order valence-corrected chi connectivity index (χ0v) is 18.4. The largest absolute Gasteiger partial charge is 0.352 e. The molecular weight excluding hydrogens is 412 g/mol. The molecule has 1 aromatic heterocycles. The van der Waals surface area contributed by atoms with E-state index in [0.29, 0.717) is 30.3 Å². The SMILES string of the molecule is Cc1nn(Cc2ccccc2)c(C)c1CNC(=O)C1CC(=O)N(c2ccccc2Cl)C1. The van der Waals surface area contributed by atoms with Crippen molar-refractivity contribution in [2.24, 2.45) is 5.92 Å². The zero-order chi connectivity index (χ0) is 22.0. The monoisotopic (exact) mass is 436 g/mol. The fourth-order valence-electron chi connectivity index (χ4n) is 4.01. The number of carbonyl (C=O) groups excluding carboxylic acids is 2. The van der Waals surface area contributed by atoms with Gasteiger partial charge in [-0.15, -0.1) is 0 Å². The summed E-state index contributed by atoms with van der Waals surface area (Å²) in [5.41, 5.74) is 4.76. The van der Waals surface area contributed by atoms with Crippen LogP contribution in [0.25, 0.3) is 0 Å². The highest BCUT2D eigenvalue weighted by atomic mass is 35.5. The fraction of sp³-hybridized carbons (Fsp3) is 0.292. The van der Waals surface area contributed by atoms with E-state index in [1.54, 1.807) is 17.0 Å². The smallest absolute Gasteiger partial charge is 0.227 e. The molecule has 160 valence electrons. The molecule has 1 aliphatic heterocycles. The number of amides is 2. The van der Waals surface area contributed by atoms with E-state index in [-0.39, 0.29) is 18.2 Å². The molecule has 3 aromatic rings. The number of halogens is 1. The number of hydrogen-bond acceptors (Lipinski definition) is 3. The highest BCUT2D eigenvalue weighted by Gasteiger charge is 2.35. The van der Waals surface area contributed by atoms with Crippen molar-refractivity contribution < 1.29 is 9.59 Å². The third kappa shape index (κ3) is 4.49. The topological polar surface area (TPSA) is 67.2 Å². The lowest BCUT2D eigenvalue weighted by molar-refractivity contribution is -0.126. The summed E-state index contributed by atoms with van der Waals surface area (Å²) in [5, 5.41) is 8.15. The molecule has 31 heavy (non-hydrogen) atoms. The molecule has 2 aromatic carbocycles. The quantitative estimate of drug-likeness (QED) is 0.637. The molecule has 1 aliphatic rings. The first-order valence-corrected chi connectivity index (χ1v) is 10.7. The first kappa shape index (κ1) is 21.1. The van der Waals surface area contributed by atoms with Gasteiger partial charge in [-0.25, -0.2) is 0 Å². The van der Waals surface area contributed by atoms with Gasteiger partial charge in [0.15, 0.2) is 0 Å². The number of hydrogen-bond donors (Lipinski definition) is 1. The maximum Gasteiger partial charge on any atom is 0.227 e. The Bertz CT molecular complexity index is 1110. The van der Waals surface area contributed by atoms with Crippen LogP contribution in [0.15, 0.2) is 54.6 Å². The van der Waals surface area contributed by atoms with Gasteiger partial charge in [-0.3, -0.25) is 14.3 Å². The Morgan fingerprint density at radius 2 is 1.84 bits per heavy atom. The number of nitrogens with zero attached hydrogens (tertiary/aromatic N) is 3.